The lowest BCUT2D eigenvalue weighted by molar-refractivity contribution is -0.168. The number of rotatable bonds is 8. The number of esters is 2. The van der Waals surface area contributed by atoms with Crippen LogP contribution in [0.25, 0.3) is 0 Å². The zero-order valence-corrected chi connectivity index (χ0v) is 15.9. The largest absolute Gasteiger partial charge is 0.462 e. The standard InChI is InChI=1S/C20H32O4/c1-7-9-15(4)23-18(21)17-12-11-14(3)13-20(17,6)19(22)24-16(5)10-8-2/h11-13,15-17H,7-10H2,1-6H3. The number of carbonyl (C=O) groups excluding carboxylic acids is 2. The minimum absolute atomic E-state index is 0.151. The van der Waals surface area contributed by atoms with E-state index in [9.17, 15) is 9.59 Å². The summed E-state index contributed by atoms with van der Waals surface area (Å²) < 4.78 is 11.1. The summed E-state index contributed by atoms with van der Waals surface area (Å²) in [6, 6.07) is 0. The highest BCUT2D eigenvalue weighted by molar-refractivity contribution is 5.89. The fourth-order valence-electron chi connectivity index (χ4n) is 3.08. The molecule has 0 aromatic carbocycles. The maximum Gasteiger partial charge on any atom is 0.317 e. The minimum atomic E-state index is -1.02. The van der Waals surface area contributed by atoms with E-state index in [-0.39, 0.29) is 24.1 Å². The van der Waals surface area contributed by atoms with Crippen LogP contribution in [0.1, 0.15) is 67.2 Å². The van der Waals surface area contributed by atoms with Gasteiger partial charge in [0.15, 0.2) is 0 Å². The number of carbonyl (C=O) groups is 2. The molecule has 4 atom stereocenters. The van der Waals surface area contributed by atoms with Gasteiger partial charge in [-0.1, -0.05) is 50.5 Å². The highest BCUT2D eigenvalue weighted by atomic mass is 16.6. The Kier molecular flexibility index (Phi) is 7.71. The summed E-state index contributed by atoms with van der Waals surface area (Å²) >= 11 is 0. The van der Waals surface area contributed by atoms with Crippen LogP contribution in [0.5, 0.6) is 0 Å². The van der Waals surface area contributed by atoms with Gasteiger partial charge in [-0.05, 0) is 40.5 Å². The van der Waals surface area contributed by atoms with Gasteiger partial charge >= 0.3 is 11.9 Å². The molecule has 4 heteroatoms. The van der Waals surface area contributed by atoms with Crippen LogP contribution in [0, 0.1) is 11.3 Å². The molecule has 0 radical (unpaired) electrons. The van der Waals surface area contributed by atoms with Gasteiger partial charge in [0.1, 0.15) is 5.41 Å². The third-order valence-electron chi connectivity index (χ3n) is 4.43. The van der Waals surface area contributed by atoms with E-state index in [1.807, 2.05) is 39.8 Å². The minimum Gasteiger partial charge on any atom is -0.462 e. The third-order valence-corrected chi connectivity index (χ3v) is 4.43. The first-order valence-corrected chi connectivity index (χ1v) is 9.03. The van der Waals surface area contributed by atoms with Crippen molar-refractivity contribution in [3.63, 3.8) is 0 Å². The Hall–Kier alpha value is -1.58. The summed E-state index contributed by atoms with van der Waals surface area (Å²) in [4.78, 5) is 25.4. The molecule has 1 aliphatic rings. The van der Waals surface area contributed by atoms with E-state index < -0.39 is 11.3 Å². The van der Waals surface area contributed by atoms with Gasteiger partial charge in [0.25, 0.3) is 0 Å². The van der Waals surface area contributed by atoms with Crippen molar-refractivity contribution < 1.29 is 19.1 Å². The van der Waals surface area contributed by atoms with Crippen LogP contribution >= 0.6 is 0 Å². The second kappa shape index (κ2) is 9.05. The van der Waals surface area contributed by atoms with Crippen LogP contribution in [0.4, 0.5) is 0 Å². The lowest BCUT2D eigenvalue weighted by Gasteiger charge is -2.34. The predicted molar refractivity (Wildman–Crippen MR) is 95.4 cm³/mol. The van der Waals surface area contributed by atoms with E-state index in [4.69, 9.17) is 9.47 Å². The SMILES string of the molecule is CCCC(C)OC(=O)C1C=CC(C)=CC1(C)C(=O)OC(C)CCC. The summed E-state index contributed by atoms with van der Waals surface area (Å²) in [5.74, 6) is -1.38. The molecule has 0 N–H and O–H groups in total. The first-order valence-electron chi connectivity index (χ1n) is 9.03. The van der Waals surface area contributed by atoms with Gasteiger partial charge < -0.3 is 9.47 Å². The van der Waals surface area contributed by atoms with Crippen molar-refractivity contribution in [2.75, 3.05) is 0 Å². The van der Waals surface area contributed by atoms with Gasteiger partial charge in [-0.15, -0.1) is 0 Å². The number of ether oxygens (including phenoxy) is 2. The van der Waals surface area contributed by atoms with Gasteiger partial charge in [0, 0.05) is 0 Å². The maximum absolute atomic E-state index is 12.8. The normalized spacial score (nSPS) is 25.6. The van der Waals surface area contributed by atoms with Crippen molar-refractivity contribution in [1.82, 2.24) is 0 Å². The Morgan fingerprint density at radius 3 is 2.21 bits per heavy atom. The van der Waals surface area contributed by atoms with Gasteiger partial charge in [0.05, 0.1) is 18.1 Å². The van der Waals surface area contributed by atoms with Crippen molar-refractivity contribution in [1.29, 1.82) is 0 Å². The third kappa shape index (κ3) is 5.22. The van der Waals surface area contributed by atoms with E-state index in [2.05, 4.69) is 6.92 Å². The molecule has 4 nitrogen and oxygen atoms in total. The van der Waals surface area contributed by atoms with E-state index in [0.717, 1.165) is 31.3 Å². The van der Waals surface area contributed by atoms with Crippen LogP contribution in [0.3, 0.4) is 0 Å². The molecule has 0 aromatic rings. The van der Waals surface area contributed by atoms with Crippen molar-refractivity contribution in [2.24, 2.45) is 11.3 Å². The Bertz CT molecular complexity index is 506. The summed E-state index contributed by atoms with van der Waals surface area (Å²) in [5, 5.41) is 0. The lowest BCUT2D eigenvalue weighted by atomic mass is 9.72. The molecule has 0 amide bonds. The Morgan fingerprint density at radius 2 is 1.67 bits per heavy atom. The van der Waals surface area contributed by atoms with Gasteiger partial charge in [-0.25, -0.2) is 0 Å². The Morgan fingerprint density at radius 1 is 1.12 bits per heavy atom. The van der Waals surface area contributed by atoms with E-state index in [0.29, 0.717) is 0 Å². The van der Waals surface area contributed by atoms with Gasteiger partial charge in [-0.2, -0.15) is 0 Å². The topological polar surface area (TPSA) is 52.6 Å². The average Bonchev–Trinajstić information content (AvgIpc) is 2.47. The van der Waals surface area contributed by atoms with Crippen LogP contribution in [-0.2, 0) is 19.1 Å². The molecule has 0 spiro atoms. The maximum atomic E-state index is 12.8. The number of hydrogen-bond donors (Lipinski definition) is 0. The monoisotopic (exact) mass is 336 g/mol. The van der Waals surface area contributed by atoms with Crippen LogP contribution < -0.4 is 0 Å². The quantitative estimate of drug-likeness (QED) is 0.608. The highest BCUT2D eigenvalue weighted by Gasteiger charge is 2.46. The summed E-state index contributed by atoms with van der Waals surface area (Å²) in [5.41, 5.74) is -0.0765. The number of allylic oxidation sites excluding steroid dienone is 2. The van der Waals surface area contributed by atoms with Gasteiger partial charge in [0.2, 0.25) is 0 Å². The Labute approximate surface area is 146 Å². The van der Waals surface area contributed by atoms with Crippen LogP contribution in [0.15, 0.2) is 23.8 Å². The molecule has 24 heavy (non-hydrogen) atoms. The smallest absolute Gasteiger partial charge is 0.317 e. The Balaban J connectivity index is 2.95. The zero-order valence-electron chi connectivity index (χ0n) is 15.9. The molecule has 0 saturated carbocycles. The predicted octanol–water partition coefficient (Wildman–Crippen LogP) is 4.59. The fourth-order valence-corrected chi connectivity index (χ4v) is 3.08. The zero-order chi connectivity index (χ0) is 18.3. The van der Waals surface area contributed by atoms with Crippen molar-refractivity contribution in [3.8, 4) is 0 Å². The molecule has 0 aromatic heterocycles. The molecule has 0 saturated heterocycles. The fraction of sp³-hybridized carbons (Fsp3) is 0.700. The molecule has 136 valence electrons. The van der Waals surface area contributed by atoms with E-state index in [1.165, 1.54) is 0 Å². The summed E-state index contributed by atoms with van der Waals surface area (Å²) in [6.45, 7) is 11.5. The molecule has 1 aliphatic carbocycles. The molecule has 4 unspecified atom stereocenters. The average molecular weight is 336 g/mol. The second-order valence-corrected chi connectivity index (χ2v) is 7.05. The molecule has 0 aliphatic heterocycles. The van der Waals surface area contributed by atoms with Crippen molar-refractivity contribution in [2.45, 2.75) is 79.4 Å². The van der Waals surface area contributed by atoms with E-state index in [1.54, 1.807) is 13.0 Å². The van der Waals surface area contributed by atoms with Crippen LogP contribution in [-0.4, -0.2) is 24.1 Å². The molecule has 1 rings (SSSR count). The molecular formula is C20H32O4. The molecular weight excluding hydrogens is 304 g/mol. The lowest BCUT2D eigenvalue weighted by Crippen LogP contribution is -2.43. The highest BCUT2D eigenvalue weighted by Crippen LogP contribution is 2.38. The van der Waals surface area contributed by atoms with Crippen LogP contribution in [0.2, 0.25) is 0 Å². The molecule has 0 bridgehead atoms. The summed E-state index contributed by atoms with van der Waals surface area (Å²) in [7, 11) is 0. The van der Waals surface area contributed by atoms with Crippen molar-refractivity contribution in [3.05, 3.63) is 23.8 Å². The van der Waals surface area contributed by atoms with Gasteiger partial charge in [-0.3, -0.25) is 9.59 Å². The molecule has 0 heterocycles. The first kappa shape index (κ1) is 20.5. The second-order valence-electron chi connectivity index (χ2n) is 7.05. The molecule has 0 fully saturated rings. The first-order chi connectivity index (χ1) is 11.2. The van der Waals surface area contributed by atoms with E-state index >= 15 is 0 Å². The summed E-state index contributed by atoms with van der Waals surface area (Å²) in [6.07, 6.45) is 8.65. The van der Waals surface area contributed by atoms with Crippen molar-refractivity contribution >= 4 is 11.9 Å². The number of hydrogen-bond acceptors (Lipinski definition) is 4.